The number of nitrogens with two attached hydrogens (primary N) is 1. The summed E-state index contributed by atoms with van der Waals surface area (Å²) in [6, 6.07) is 10.9. The van der Waals surface area contributed by atoms with Crippen LogP contribution in [0.1, 0.15) is 0 Å². The Morgan fingerprint density at radius 1 is 1.10 bits per heavy atom. The molecule has 2 aromatic carbocycles. The minimum atomic E-state index is -4.40. The first kappa shape index (κ1) is 14.9. The fourth-order valence-electron chi connectivity index (χ4n) is 1.60. The average Bonchev–Trinajstić information content (AvgIpc) is 2.45. The summed E-state index contributed by atoms with van der Waals surface area (Å²) in [6.07, 6.45) is 0. The summed E-state index contributed by atoms with van der Waals surface area (Å²) in [4.78, 5) is -0.399. The fraction of sp³-hybridized carbons (Fsp3) is 0.0769. The Bertz CT molecular complexity index is 788. The van der Waals surface area contributed by atoms with E-state index >= 15 is 0 Å². The van der Waals surface area contributed by atoms with E-state index in [4.69, 9.17) is 15.0 Å². The fourth-order valence-corrected chi connectivity index (χ4v) is 2.23. The van der Waals surface area contributed by atoms with Crippen molar-refractivity contribution in [3.05, 3.63) is 42.5 Å². The van der Waals surface area contributed by atoms with Gasteiger partial charge in [-0.2, -0.15) is 18.6 Å². The van der Waals surface area contributed by atoms with E-state index in [9.17, 15) is 8.42 Å². The maximum absolute atomic E-state index is 11.2. The van der Waals surface area contributed by atoms with Crippen LogP contribution in [0.4, 0.5) is 17.1 Å². The summed E-state index contributed by atoms with van der Waals surface area (Å²) < 4.78 is 36.4. The molecule has 110 valence electrons. The third-order valence-corrected chi connectivity index (χ3v) is 3.52. The minimum Gasteiger partial charge on any atom is -0.497 e. The van der Waals surface area contributed by atoms with Gasteiger partial charge in [-0.15, -0.1) is 0 Å². The van der Waals surface area contributed by atoms with Crippen LogP contribution in [0.2, 0.25) is 0 Å². The van der Waals surface area contributed by atoms with Crippen molar-refractivity contribution in [3.63, 3.8) is 0 Å². The van der Waals surface area contributed by atoms with Gasteiger partial charge in [0, 0.05) is 6.07 Å². The Morgan fingerprint density at radius 2 is 1.76 bits per heavy atom. The predicted octanol–water partition coefficient (Wildman–Crippen LogP) is 2.94. The number of nitrogens with zero attached hydrogens (tertiary/aromatic N) is 2. The molecule has 3 N–H and O–H groups in total. The Labute approximate surface area is 121 Å². The second-order valence-electron chi connectivity index (χ2n) is 4.10. The zero-order valence-electron chi connectivity index (χ0n) is 11.1. The molecule has 0 saturated heterocycles. The van der Waals surface area contributed by atoms with Crippen molar-refractivity contribution >= 4 is 27.2 Å². The number of hydrogen-bond donors (Lipinski definition) is 2. The van der Waals surface area contributed by atoms with Gasteiger partial charge in [0.15, 0.2) is 0 Å². The van der Waals surface area contributed by atoms with Gasteiger partial charge in [-0.1, -0.05) is 6.07 Å². The van der Waals surface area contributed by atoms with Crippen LogP contribution >= 0.6 is 0 Å². The molecule has 0 aliphatic carbocycles. The van der Waals surface area contributed by atoms with Gasteiger partial charge in [-0.05, 0) is 30.3 Å². The van der Waals surface area contributed by atoms with E-state index in [1.807, 2.05) is 0 Å². The molecule has 0 aliphatic heterocycles. The molecule has 0 bridgehead atoms. The maximum atomic E-state index is 11.2. The zero-order chi connectivity index (χ0) is 15.5. The minimum absolute atomic E-state index is 0.0576. The van der Waals surface area contributed by atoms with Crippen LogP contribution in [0.3, 0.4) is 0 Å². The first-order valence-electron chi connectivity index (χ1n) is 5.83. The van der Waals surface area contributed by atoms with Crippen molar-refractivity contribution in [3.8, 4) is 5.75 Å². The predicted molar refractivity (Wildman–Crippen MR) is 77.8 cm³/mol. The van der Waals surface area contributed by atoms with Gasteiger partial charge in [-0.3, -0.25) is 4.55 Å². The van der Waals surface area contributed by atoms with Crippen molar-refractivity contribution < 1.29 is 17.7 Å². The molecule has 0 unspecified atom stereocenters. The number of ether oxygens (including phenoxy) is 1. The number of azo groups is 1. The van der Waals surface area contributed by atoms with Crippen LogP contribution in [0.5, 0.6) is 5.75 Å². The van der Waals surface area contributed by atoms with Gasteiger partial charge in [0.05, 0.1) is 24.2 Å². The highest BCUT2D eigenvalue weighted by molar-refractivity contribution is 7.86. The molecule has 8 heteroatoms. The van der Waals surface area contributed by atoms with Crippen molar-refractivity contribution in [1.82, 2.24) is 0 Å². The monoisotopic (exact) mass is 307 g/mol. The van der Waals surface area contributed by atoms with Gasteiger partial charge in [0.2, 0.25) is 0 Å². The SMILES string of the molecule is COc1cccc(/N=N/c2ccc(N)c(S(=O)(=O)O)c2)c1. The first-order chi connectivity index (χ1) is 9.90. The van der Waals surface area contributed by atoms with E-state index in [0.29, 0.717) is 11.4 Å². The Hall–Kier alpha value is -2.45. The summed E-state index contributed by atoms with van der Waals surface area (Å²) in [6.45, 7) is 0. The van der Waals surface area contributed by atoms with Crippen LogP contribution in [0.15, 0.2) is 57.6 Å². The summed E-state index contributed by atoms with van der Waals surface area (Å²) in [5.74, 6) is 0.627. The smallest absolute Gasteiger partial charge is 0.296 e. The number of rotatable bonds is 4. The van der Waals surface area contributed by atoms with E-state index in [1.54, 1.807) is 24.3 Å². The molecule has 2 aromatic rings. The molecule has 0 aliphatic rings. The highest BCUT2D eigenvalue weighted by Gasteiger charge is 2.14. The van der Waals surface area contributed by atoms with Crippen LogP contribution in [0.25, 0.3) is 0 Å². The van der Waals surface area contributed by atoms with Crippen LogP contribution < -0.4 is 10.5 Å². The van der Waals surface area contributed by atoms with Gasteiger partial charge in [-0.25, -0.2) is 0 Å². The molecule has 0 radical (unpaired) electrons. The van der Waals surface area contributed by atoms with Gasteiger partial charge < -0.3 is 10.5 Å². The van der Waals surface area contributed by atoms with Gasteiger partial charge >= 0.3 is 0 Å². The summed E-state index contributed by atoms with van der Waals surface area (Å²) >= 11 is 0. The molecule has 0 heterocycles. The molecule has 0 spiro atoms. The maximum Gasteiger partial charge on any atom is 0.296 e. The van der Waals surface area contributed by atoms with Crippen LogP contribution in [0, 0.1) is 0 Å². The highest BCUT2D eigenvalue weighted by atomic mass is 32.2. The third-order valence-electron chi connectivity index (χ3n) is 2.61. The average molecular weight is 307 g/mol. The third kappa shape index (κ3) is 3.77. The van der Waals surface area contributed by atoms with Gasteiger partial charge in [0.1, 0.15) is 10.6 Å². The lowest BCUT2D eigenvalue weighted by Gasteiger charge is -2.03. The standard InChI is InChI=1S/C13H13N3O4S/c1-20-11-4-2-3-9(7-11)15-16-10-5-6-12(14)13(8-10)21(17,18)19/h2-8H,14H2,1H3,(H,17,18,19)/b16-15+. The normalized spacial score (nSPS) is 11.7. The number of methoxy groups -OCH3 is 1. The second kappa shape index (κ2) is 5.90. The molecule has 21 heavy (non-hydrogen) atoms. The molecule has 2 rings (SSSR count). The van der Waals surface area contributed by atoms with E-state index < -0.39 is 15.0 Å². The largest absolute Gasteiger partial charge is 0.497 e. The van der Waals surface area contributed by atoms with Crippen molar-refractivity contribution in [2.24, 2.45) is 10.2 Å². The number of anilines is 1. The summed E-state index contributed by atoms with van der Waals surface area (Å²) in [5, 5.41) is 7.87. The number of benzene rings is 2. The quantitative estimate of drug-likeness (QED) is 0.512. The summed E-state index contributed by atoms with van der Waals surface area (Å²) in [7, 11) is -2.86. The molecular formula is C13H13N3O4S. The zero-order valence-corrected chi connectivity index (χ0v) is 11.9. The van der Waals surface area contributed by atoms with Gasteiger partial charge in [0.25, 0.3) is 10.1 Å². The molecule has 0 atom stereocenters. The second-order valence-corrected chi connectivity index (χ2v) is 5.49. The molecule has 7 nitrogen and oxygen atoms in total. The molecular weight excluding hydrogens is 294 g/mol. The van der Waals surface area contributed by atoms with Crippen molar-refractivity contribution in [1.29, 1.82) is 0 Å². The lowest BCUT2D eigenvalue weighted by molar-refractivity contribution is 0.415. The lowest BCUT2D eigenvalue weighted by Crippen LogP contribution is -2.02. The number of hydrogen-bond acceptors (Lipinski definition) is 6. The highest BCUT2D eigenvalue weighted by Crippen LogP contribution is 2.26. The van der Waals surface area contributed by atoms with Crippen LogP contribution in [-0.4, -0.2) is 20.1 Å². The van der Waals surface area contributed by atoms with E-state index in [-0.39, 0.29) is 11.4 Å². The Balaban J connectivity index is 2.33. The summed E-state index contributed by atoms with van der Waals surface area (Å²) in [5.41, 5.74) is 6.23. The van der Waals surface area contributed by atoms with Crippen molar-refractivity contribution in [2.45, 2.75) is 4.90 Å². The van der Waals surface area contributed by atoms with Crippen LogP contribution in [-0.2, 0) is 10.1 Å². The van der Waals surface area contributed by atoms with E-state index in [0.717, 1.165) is 6.07 Å². The lowest BCUT2D eigenvalue weighted by atomic mass is 10.3. The number of nitrogen functional groups attached to an aromatic ring is 1. The van der Waals surface area contributed by atoms with Crippen molar-refractivity contribution in [2.75, 3.05) is 12.8 Å². The first-order valence-corrected chi connectivity index (χ1v) is 7.27. The Morgan fingerprint density at radius 3 is 2.38 bits per heavy atom. The molecule has 0 amide bonds. The topological polar surface area (TPSA) is 114 Å². The Kier molecular flexibility index (Phi) is 4.20. The van der Waals surface area contributed by atoms with E-state index in [2.05, 4.69) is 10.2 Å². The molecule has 0 saturated carbocycles. The molecule has 0 fully saturated rings. The van der Waals surface area contributed by atoms with E-state index in [1.165, 1.54) is 19.2 Å². The molecule has 0 aromatic heterocycles.